The lowest BCUT2D eigenvalue weighted by Gasteiger charge is -2.13. The standard InChI is InChI=1S/C22H20ClN3O7/c1-4-32-19-10-13(9-18(26(30)31)20(19)33-5-2)8-15-12(3)24-25(21(15)27)14-6-7-17(23)16(11-14)22(28)29/h6-11H,4-5H2,1-3H3,(H,28,29)/b15-8+. The van der Waals surface area contributed by atoms with E-state index in [9.17, 15) is 24.8 Å². The minimum Gasteiger partial charge on any atom is -0.490 e. The Kier molecular flexibility index (Phi) is 6.98. The van der Waals surface area contributed by atoms with Gasteiger partial charge < -0.3 is 14.6 Å². The molecule has 0 fully saturated rings. The molecule has 11 heteroatoms. The number of ether oxygens (including phenoxy) is 2. The first kappa shape index (κ1) is 23.7. The number of nitro groups is 1. The highest BCUT2D eigenvalue weighted by Crippen LogP contribution is 2.39. The van der Waals surface area contributed by atoms with Crippen molar-refractivity contribution in [2.75, 3.05) is 18.2 Å². The maximum Gasteiger partial charge on any atom is 0.337 e. The molecule has 0 aliphatic carbocycles. The Bertz CT molecular complexity index is 1210. The first-order valence-corrected chi connectivity index (χ1v) is 10.3. The van der Waals surface area contributed by atoms with Crippen molar-refractivity contribution in [1.29, 1.82) is 0 Å². The van der Waals surface area contributed by atoms with E-state index in [-0.39, 0.29) is 52.2 Å². The molecule has 1 aliphatic heterocycles. The van der Waals surface area contributed by atoms with Gasteiger partial charge in [0, 0.05) is 6.07 Å². The van der Waals surface area contributed by atoms with Gasteiger partial charge >= 0.3 is 11.7 Å². The first-order valence-electron chi connectivity index (χ1n) is 9.90. The zero-order valence-electron chi connectivity index (χ0n) is 18.0. The molecular formula is C22H20ClN3O7. The Morgan fingerprint density at radius 3 is 2.55 bits per heavy atom. The van der Waals surface area contributed by atoms with Crippen molar-refractivity contribution in [3.63, 3.8) is 0 Å². The van der Waals surface area contributed by atoms with Gasteiger partial charge in [0.25, 0.3) is 5.91 Å². The number of aromatic carboxylic acids is 1. The van der Waals surface area contributed by atoms with Crippen molar-refractivity contribution in [2.24, 2.45) is 5.10 Å². The van der Waals surface area contributed by atoms with Gasteiger partial charge in [-0.2, -0.15) is 10.1 Å². The summed E-state index contributed by atoms with van der Waals surface area (Å²) in [5.41, 5.74) is 0.628. The van der Waals surface area contributed by atoms with E-state index in [1.165, 1.54) is 30.3 Å². The van der Waals surface area contributed by atoms with Crippen LogP contribution in [-0.4, -0.2) is 40.8 Å². The van der Waals surface area contributed by atoms with Crippen molar-refractivity contribution in [1.82, 2.24) is 0 Å². The van der Waals surface area contributed by atoms with Gasteiger partial charge in [0.1, 0.15) is 0 Å². The third kappa shape index (κ3) is 4.80. The fraction of sp³-hybridized carbons (Fsp3) is 0.227. The summed E-state index contributed by atoms with van der Waals surface area (Å²) in [7, 11) is 0. The number of carbonyl (C=O) groups excluding carboxylic acids is 1. The highest BCUT2D eigenvalue weighted by molar-refractivity contribution is 6.34. The van der Waals surface area contributed by atoms with E-state index < -0.39 is 16.8 Å². The molecule has 1 heterocycles. The van der Waals surface area contributed by atoms with Crippen LogP contribution in [0.25, 0.3) is 6.08 Å². The highest BCUT2D eigenvalue weighted by Gasteiger charge is 2.30. The van der Waals surface area contributed by atoms with E-state index >= 15 is 0 Å². The highest BCUT2D eigenvalue weighted by atomic mass is 35.5. The number of carboxylic acids is 1. The lowest BCUT2D eigenvalue weighted by Crippen LogP contribution is -2.21. The van der Waals surface area contributed by atoms with Crippen LogP contribution in [0.5, 0.6) is 11.5 Å². The van der Waals surface area contributed by atoms with Crippen LogP contribution in [0, 0.1) is 10.1 Å². The van der Waals surface area contributed by atoms with E-state index in [1.807, 2.05) is 0 Å². The van der Waals surface area contributed by atoms with Gasteiger partial charge in [0.15, 0.2) is 5.75 Å². The second kappa shape index (κ2) is 9.70. The quantitative estimate of drug-likeness (QED) is 0.338. The van der Waals surface area contributed by atoms with Gasteiger partial charge in [-0.3, -0.25) is 14.9 Å². The van der Waals surface area contributed by atoms with E-state index in [0.717, 1.165) is 5.01 Å². The SMILES string of the molecule is CCOc1cc(/C=C2/C(=O)N(c3ccc(Cl)c(C(=O)O)c3)N=C2C)cc([N+](=O)[O-])c1OCC. The van der Waals surface area contributed by atoms with Crippen molar-refractivity contribution in [2.45, 2.75) is 20.8 Å². The largest absolute Gasteiger partial charge is 0.490 e. The molecule has 172 valence electrons. The molecule has 2 aromatic rings. The molecule has 0 bridgehead atoms. The van der Waals surface area contributed by atoms with Crippen molar-refractivity contribution in [3.05, 3.63) is 62.2 Å². The maximum atomic E-state index is 13.1. The summed E-state index contributed by atoms with van der Waals surface area (Å²) in [6, 6.07) is 6.92. The topological polar surface area (TPSA) is 132 Å². The predicted molar refractivity (Wildman–Crippen MR) is 122 cm³/mol. The van der Waals surface area contributed by atoms with Gasteiger partial charge in [-0.25, -0.2) is 4.79 Å². The number of nitrogens with zero attached hydrogens (tertiary/aromatic N) is 3. The van der Waals surface area contributed by atoms with E-state index in [2.05, 4.69) is 5.10 Å². The molecule has 0 radical (unpaired) electrons. The molecule has 3 rings (SSSR count). The van der Waals surface area contributed by atoms with Crippen LogP contribution in [0.2, 0.25) is 5.02 Å². The number of amides is 1. The normalized spacial score (nSPS) is 14.4. The average molecular weight is 474 g/mol. The lowest BCUT2D eigenvalue weighted by atomic mass is 10.1. The molecule has 1 amide bonds. The van der Waals surface area contributed by atoms with Gasteiger partial charge in [-0.05, 0) is 56.7 Å². The van der Waals surface area contributed by atoms with E-state index in [0.29, 0.717) is 11.3 Å². The number of rotatable bonds is 8. The van der Waals surface area contributed by atoms with Crippen LogP contribution in [0.15, 0.2) is 41.0 Å². The van der Waals surface area contributed by atoms with Crippen molar-refractivity contribution < 1.29 is 29.1 Å². The molecule has 0 saturated carbocycles. The van der Waals surface area contributed by atoms with Gasteiger partial charge in [0.05, 0.1) is 45.7 Å². The Labute approximate surface area is 193 Å². The molecular weight excluding hydrogens is 454 g/mol. The Morgan fingerprint density at radius 1 is 1.24 bits per heavy atom. The second-order valence-corrected chi connectivity index (χ2v) is 7.23. The summed E-state index contributed by atoms with van der Waals surface area (Å²) in [6.07, 6.45) is 1.46. The Morgan fingerprint density at radius 2 is 1.94 bits per heavy atom. The maximum absolute atomic E-state index is 13.1. The zero-order valence-corrected chi connectivity index (χ0v) is 18.8. The van der Waals surface area contributed by atoms with Crippen LogP contribution in [-0.2, 0) is 4.79 Å². The fourth-order valence-electron chi connectivity index (χ4n) is 3.21. The summed E-state index contributed by atoms with van der Waals surface area (Å²) in [5.74, 6) is -1.57. The number of nitro benzene ring substituents is 1. The number of benzene rings is 2. The van der Waals surface area contributed by atoms with Crippen LogP contribution in [0.4, 0.5) is 11.4 Å². The number of anilines is 1. The van der Waals surface area contributed by atoms with Crippen LogP contribution >= 0.6 is 11.6 Å². The predicted octanol–water partition coefficient (Wildman–Crippen LogP) is 4.55. The summed E-state index contributed by atoms with van der Waals surface area (Å²) in [5, 5.41) is 26.2. The number of hydrogen-bond donors (Lipinski definition) is 1. The smallest absolute Gasteiger partial charge is 0.337 e. The van der Waals surface area contributed by atoms with Crippen LogP contribution < -0.4 is 14.5 Å². The number of carbonyl (C=O) groups is 2. The molecule has 0 atom stereocenters. The molecule has 0 unspecified atom stereocenters. The van der Waals surface area contributed by atoms with Gasteiger partial charge in [-0.15, -0.1) is 0 Å². The molecule has 0 spiro atoms. The molecule has 1 aliphatic rings. The lowest BCUT2D eigenvalue weighted by molar-refractivity contribution is -0.386. The zero-order chi connectivity index (χ0) is 24.3. The number of carboxylic acid groups (broad SMARTS) is 1. The molecule has 10 nitrogen and oxygen atoms in total. The third-order valence-corrected chi connectivity index (χ3v) is 4.97. The summed E-state index contributed by atoms with van der Waals surface area (Å²) < 4.78 is 10.9. The number of hydrogen-bond acceptors (Lipinski definition) is 7. The fourth-order valence-corrected chi connectivity index (χ4v) is 3.41. The van der Waals surface area contributed by atoms with Crippen molar-refractivity contribution in [3.8, 4) is 11.5 Å². The number of hydrazone groups is 1. The summed E-state index contributed by atoms with van der Waals surface area (Å²) in [4.78, 5) is 35.5. The van der Waals surface area contributed by atoms with E-state index in [1.54, 1.807) is 26.8 Å². The van der Waals surface area contributed by atoms with Gasteiger partial charge in [-0.1, -0.05) is 11.6 Å². The van der Waals surface area contributed by atoms with E-state index in [4.69, 9.17) is 21.1 Å². The molecule has 0 saturated heterocycles. The number of halogens is 1. The summed E-state index contributed by atoms with van der Waals surface area (Å²) >= 11 is 5.91. The minimum atomic E-state index is -1.24. The monoisotopic (exact) mass is 473 g/mol. The first-order chi connectivity index (χ1) is 15.7. The Hall–Kier alpha value is -3.92. The molecule has 33 heavy (non-hydrogen) atoms. The second-order valence-electron chi connectivity index (χ2n) is 6.82. The minimum absolute atomic E-state index is 0.0126. The molecule has 2 aromatic carbocycles. The van der Waals surface area contributed by atoms with Crippen LogP contribution in [0.1, 0.15) is 36.7 Å². The van der Waals surface area contributed by atoms with Gasteiger partial charge in [0.2, 0.25) is 5.75 Å². The van der Waals surface area contributed by atoms with Crippen LogP contribution in [0.3, 0.4) is 0 Å². The molecule has 0 aromatic heterocycles. The van der Waals surface area contributed by atoms with Crippen molar-refractivity contribution >= 4 is 46.6 Å². The average Bonchev–Trinajstić information content (AvgIpc) is 3.03. The summed E-state index contributed by atoms with van der Waals surface area (Å²) in [6.45, 7) is 5.50. The third-order valence-electron chi connectivity index (χ3n) is 4.64. The Balaban J connectivity index is 2.05. The molecule has 1 N–H and O–H groups in total.